The molecule has 0 aliphatic heterocycles. The van der Waals surface area contributed by atoms with E-state index in [0.29, 0.717) is 16.0 Å². The van der Waals surface area contributed by atoms with Gasteiger partial charge in [0.25, 0.3) is 0 Å². The van der Waals surface area contributed by atoms with Crippen molar-refractivity contribution >= 4 is 39.9 Å². The second kappa shape index (κ2) is 3.34. The number of benzene rings is 1. The highest BCUT2D eigenvalue weighted by atomic mass is 35.5. The average Bonchev–Trinajstić information content (AvgIpc) is 2.59. The number of hydrogen-bond acceptors (Lipinski definition) is 2. The van der Waals surface area contributed by atoms with E-state index in [1.165, 1.54) is 0 Å². The SMILES string of the molecule is Cc1cn2c(n1)nc(Cl)c1cc(Cl)ccc12. The van der Waals surface area contributed by atoms with Gasteiger partial charge in [0.2, 0.25) is 5.78 Å². The highest BCUT2D eigenvalue weighted by molar-refractivity contribution is 6.35. The standard InChI is InChI=1S/C11H7Cl2N3/c1-6-5-16-9-3-2-7(12)4-8(9)10(13)15-11(16)14-6/h2-5H,1H3. The molecule has 0 atom stereocenters. The van der Waals surface area contributed by atoms with Crippen molar-refractivity contribution < 1.29 is 0 Å². The lowest BCUT2D eigenvalue weighted by molar-refractivity contribution is 1.16. The van der Waals surface area contributed by atoms with E-state index in [9.17, 15) is 0 Å². The van der Waals surface area contributed by atoms with Crippen LogP contribution in [0.1, 0.15) is 5.69 Å². The first-order valence-corrected chi connectivity index (χ1v) is 5.51. The van der Waals surface area contributed by atoms with Gasteiger partial charge in [0.15, 0.2) is 0 Å². The monoisotopic (exact) mass is 251 g/mol. The maximum atomic E-state index is 6.09. The van der Waals surface area contributed by atoms with Crippen LogP contribution in [0.15, 0.2) is 24.4 Å². The number of imidazole rings is 1. The van der Waals surface area contributed by atoms with E-state index >= 15 is 0 Å². The number of hydrogen-bond donors (Lipinski definition) is 0. The molecule has 16 heavy (non-hydrogen) atoms. The van der Waals surface area contributed by atoms with Crippen LogP contribution >= 0.6 is 23.2 Å². The van der Waals surface area contributed by atoms with Crippen molar-refractivity contribution in [2.24, 2.45) is 0 Å². The lowest BCUT2D eigenvalue weighted by Gasteiger charge is -2.03. The summed E-state index contributed by atoms with van der Waals surface area (Å²) in [6, 6.07) is 5.55. The van der Waals surface area contributed by atoms with Crippen LogP contribution in [-0.2, 0) is 0 Å². The summed E-state index contributed by atoms with van der Waals surface area (Å²) in [5.74, 6) is 0.609. The van der Waals surface area contributed by atoms with Crippen molar-refractivity contribution in [2.75, 3.05) is 0 Å². The Morgan fingerprint density at radius 3 is 2.81 bits per heavy atom. The molecule has 0 bridgehead atoms. The van der Waals surface area contributed by atoms with E-state index < -0.39 is 0 Å². The van der Waals surface area contributed by atoms with Gasteiger partial charge >= 0.3 is 0 Å². The van der Waals surface area contributed by atoms with Crippen molar-refractivity contribution in [1.82, 2.24) is 14.4 Å². The van der Waals surface area contributed by atoms with Crippen LogP contribution in [0, 0.1) is 6.92 Å². The molecule has 0 saturated carbocycles. The van der Waals surface area contributed by atoms with Crippen LogP contribution in [0.2, 0.25) is 10.2 Å². The van der Waals surface area contributed by atoms with Gasteiger partial charge in [-0.15, -0.1) is 0 Å². The fourth-order valence-electron chi connectivity index (χ4n) is 1.77. The Balaban J connectivity index is 2.58. The average molecular weight is 252 g/mol. The number of fused-ring (bicyclic) bond motifs is 3. The molecule has 2 aromatic heterocycles. The van der Waals surface area contributed by atoms with E-state index in [1.807, 2.05) is 29.7 Å². The van der Waals surface area contributed by atoms with E-state index in [2.05, 4.69) is 9.97 Å². The molecular formula is C11H7Cl2N3. The second-order valence-corrected chi connectivity index (χ2v) is 4.41. The Morgan fingerprint density at radius 1 is 1.19 bits per heavy atom. The minimum atomic E-state index is 0.426. The van der Waals surface area contributed by atoms with Gasteiger partial charge in [0, 0.05) is 16.6 Å². The zero-order chi connectivity index (χ0) is 11.3. The predicted octanol–water partition coefficient (Wildman–Crippen LogP) is 3.50. The van der Waals surface area contributed by atoms with E-state index in [4.69, 9.17) is 23.2 Å². The second-order valence-electron chi connectivity index (χ2n) is 3.62. The molecule has 3 rings (SSSR count). The van der Waals surface area contributed by atoms with Crippen LogP contribution in [0.3, 0.4) is 0 Å². The molecule has 5 heteroatoms. The van der Waals surface area contributed by atoms with Gasteiger partial charge < -0.3 is 0 Å². The minimum Gasteiger partial charge on any atom is -0.283 e. The summed E-state index contributed by atoms with van der Waals surface area (Å²) in [7, 11) is 0. The molecule has 80 valence electrons. The van der Waals surface area contributed by atoms with Crippen LogP contribution in [0.25, 0.3) is 16.7 Å². The number of rotatable bonds is 0. The zero-order valence-corrected chi connectivity index (χ0v) is 9.92. The molecule has 0 amide bonds. The van der Waals surface area contributed by atoms with Crippen molar-refractivity contribution in [1.29, 1.82) is 0 Å². The fraction of sp³-hybridized carbons (Fsp3) is 0.0909. The molecule has 3 nitrogen and oxygen atoms in total. The van der Waals surface area contributed by atoms with Gasteiger partial charge in [-0.2, -0.15) is 4.98 Å². The zero-order valence-electron chi connectivity index (χ0n) is 8.41. The molecule has 0 aliphatic rings. The summed E-state index contributed by atoms with van der Waals surface area (Å²) in [6.45, 7) is 1.92. The minimum absolute atomic E-state index is 0.426. The van der Waals surface area contributed by atoms with Crippen LogP contribution in [0.5, 0.6) is 0 Å². The van der Waals surface area contributed by atoms with Crippen molar-refractivity contribution in [3.8, 4) is 0 Å². The summed E-state index contributed by atoms with van der Waals surface area (Å²) in [5, 5.41) is 1.90. The van der Waals surface area contributed by atoms with Crippen molar-refractivity contribution in [2.45, 2.75) is 6.92 Å². The number of halogens is 2. The molecule has 3 aromatic rings. The Kier molecular flexibility index (Phi) is 2.06. The van der Waals surface area contributed by atoms with E-state index in [-0.39, 0.29) is 0 Å². The molecule has 0 fully saturated rings. The Bertz CT molecular complexity index is 703. The summed E-state index contributed by atoms with van der Waals surface area (Å²) >= 11 is 12.0. The summed E-state index contributed by atoms with van der Waals surface area (Å²) in [5.41, 5.74) is 1.87. The lowest BCUT2D eigenvalue weighted by Crippen LogP contribution is -1.91. The molecule has 0 unspecified atom stereocenters. The Labute approximate surface area is 102 Å². The maximum absolute atomic E-state index is 6.09. The molecule has 2 heterocycles. The molecule has 1 aromatic carbocycles. The number of nitrogens with zero attached hydrogens (tertiary/aromatic N) is 3. The fourth-order valence-corrected chi connectivity index (χ4v) is 2.17. The molecule has 0 aliphatic carbocycles. The highest BCUT2D eigenvalue weighted by Crippen LogP contribution is 2.26. The molecule has 0 N–H and O–H groups in total. The summed E-state index contributed by atoms with van der Waals surface area (Å²) in [4.78, 5) is 8.51. The third kappa shape index (κ3) is 1.36. The first-order valence-electron chi connectivity index (χ1n) is 4.75. The van der Waals surface area contributed by atoms with Crippen LogP contribution in [-0.4, -0.2) is 14.4 Å². The first kappa shape index (κ1) is 9.87. The van der Waals surface area contributed by atoms with Gasteiger partial charge in [-0.3, -0.25) is 4.40 Å². The van der Waals surface area contributed by atoms with Crippen molar-refractivity contribution in [3.63, 3.8) is 0 Å². The van der Waals surface area contributed by atoms with Gasteiger partial charge in [0.05, 0.1) is 11.2 Å². The van der Waals surface area contributed by atoms with E-state index in [1.54, 1.807) is 6.07 Å². The Hall–Kier alpha value is -1.32. The van der Waals surface area contributed by atoms with Gasteiger partial charge in [-0.25, -0.2) is 4.98 Å². The van der Waals surface area contributed by atoms with Gasteiger partial charge in [-0.1, -0.05) is 23.2 Å². The van der Waals surface area contributed by atoms with Crippen LogP contribution < -0.4 is 0 Å². The smallest absolute Gasteiger partial charge is 0.235 e. The summed E-state index contributed by atoms with van der Waals surface area (Å²) in [6.07, 6.45) is 1.93. The predicted molar refractivity (Wildman–Crippen MR) is 65.3 cm³/mol. The number of aromatic nitrogens is 3. The molecule has 0 saturated heterocycles. The molecular weight excluding hydrogens is 245 g/mol. The third-order valence-corrected chi connectivity index (χ3v) is 2.97. The largest absolute Gasteiger partial charge is 0.283 e. The number of aryl methyl sites for hydroxylation is 1. The van der Waals surface area contributed by atoms with Gasteiger partial charge in [0.1, 0.15) is 5.15 Å². The quantitative estimate of drug-likeness (QED) is 0.573. The third-order valence-electron chi connectivity index (χ3n) is 2.45. The first-order chi connectivity index (χ1) is 7.65. The Morgan fingerprint density at radius 2 is 2.00 bits per heavy atom. The maximum Gasteiger partial charge on any atom is 0.235 e. The summed E-state index contributed by atoms with van der Waals surface area (Å²) < 4.78 is 1.91. The lowest BCUT2D eigenvalue weighted by atomic mass is 10.2. The highest BCUT2D eigenvalue weighted by Gasteiger charge is 2.08. The van der Waals surface area contributed by atoms with Crippen LogP contribution in [0.4, 0.5) is 0 Å². The van der Waals surface area contributed by atoms with E-state index in [0.717, 1.165) is 16.6 Å². The van der Waals surface area contributed by atoms with Gasteiger partial charge in [-0.05, 0) is 25.1 Å². The molecule has 0 radical (unpaired) electrons. The normalized spacial score (nSPS) is 11.4. The van der Waals surface area contributed by atoms with Crippen molar-refractivity contribution in [3.05, 3.63) is 40.3 Å². The topological polar surface area (TPSA) is 30.2 Å². The molecule has 0 spiro atoms.